The van der Waals surface area contributed by atoms with Crippen molar-refractivity contribution in [1.29, 1.82) is 0 Å². The van der Waals surface area contributed by atoms with Gasteiger partial charge in [0.05, 0.1) is 17.4 Å². The summed E-state index contributed by atoms with van der Waals surface area (Å²) >= 11 is 5.89. The predicted octanol–water partition coefficient (Wildman–Crippen LogP) is 3.16. The molecular weight excluding hydrogens is 408 g/mol. The van der Waals surface area contributed by atoms with Crippen molar-refractivity contribution in [1.82, 2.24) is 10.2 Å². The van der Waals surface area contributed by atoms with Gasteiger partial charge in [-0.15, -0.1) is 0 Å². The summed E-state index contributed by atoms with van der Waals surface area (Å²) < 4.78 is 0. The van der Waals surface area contributed by atoms with E-state index >= 15 is 0 Å². The molecule has 0 radical (unpaired) electrons. The zero-order valence-corrected chi connectivity index (χ0v) is 17.3. The van der Waals surface area contributed by atoms with Gasteiger partial charge < -0.3 is 15.1 Å². The topological polar surface area (TPSA) is 95.8 Å². The first kappa shape index (κ1) is 21.6. The average Bonchev–Trinajstić information content (AvgIpc) is 2.73. The molecule has 0 spiro atoms. The number of halogens is 1. The van der Waals surface area contributed by atoms with Crippen LogP contribution in [-0.4, -0.2) is 47.8 Å². The third kappa shape index (κ3) is 5.27. The molecule has 2 aromatic rings. The maximum Gasteiger partial charge on any atom is 0.294 e. The van der Waals surface area contributed by atoms with E-state index in [1.807, 2.05) is 35.2 Å². The Bertz CT molecular complexity index is 930. The summed E-state index contributed by atoms with van der Waals surface area (Å²) in [6.07, 6.45) is 0.157. The van der Waals surface area contributed by atoms with Crippen LogP contribution in [-0.2, 0) is 9.59 Å². The van der Waals surface area contributed by atoms with Gasteiger partial charge in [-0.1, -0.05) is 41.9 Å². The fraction of sp³-hybridized carbons (Fsp3) is 0.333. The number of amides is 2. The highest BCUT2D eigenvalue weighted by atomic mass is 35.5. The van der Waals surface area contributed by atoms with Crippen LogP contribution >= 0.6 is 11.6 Å². The molecule has 2 aromatic carbocycles. The lowest BCUT2D eigenvalue weighted by atomic mass is 10.0. The quantitative estimate of drug-likeness (QED) is 0.561. The number of benzene rings is 2. The predicted molar refractivity (Wildman–Crippen MR) is 115 cm³/mol. The van der Waals surface area contributed by atoms with Crippen LogP contribution in [0.15, 0.2) is 48.5 Å². The largest absolute Gasteiger partial charge is 0.362 e. The summed E-state index contributed by atoms with van der Waals surface area (Å²) in [5.74, 6) is -0.264. The molecule has 1 heterocycles. The zero-order chi connectivity index (χ0) is 21.7. The Morgan fingerprint density at radius 2 is 1.80 bits per heavy atom. The molecule has 0 saturated carbocycles. The molecule has 0 bridgehead atoms. The fourth-order valence-corrected chi connectivity index (χ4v) is 3.76. The van der Waals surface area contributed by atoms with E-state index in [0.717, 1.165) is 5.56 Å². The van der Waals surface area contributed by atoms with E-state index < -0.39 is 11.0 Å². The second-order valence-electron chi connectivity index (χ2n) is 7.13. The Hall–Kier alpha value is -3.13. The van der Waals surface area contributed by atoms with Crippen molar-refractivity contribution in [3.63, 3.8) is 0 Å². The summed E-state index contributed by atoms with van der Waals surface area (Å²) in [5.41, 5.74) is 1.32. The average molecular weight is 431 g/mol. The Balaban J connectivity index is 1.65. The normalized spacial score (nSPS) is 14.9. The highest BCUT2D eigenvalue weighted by Crippen LogP contribution is 2.31. The molecule has 1 unspecified atom stereocenters. The van der Waals surface area contributed by atoms with Gasteiger partial charge in [0, 0.05) is 44.2 Å². The van der Waals surface area contributed by atoms with E-state index in [-0.39, 0.29) is 23.9 Å². The lowest BCUT2D eigenvalue weighted by Gasteiger charge is -2.36. The summed E-state index contributed by atoms with van der Waals surface area (Å²) in [7, 11) is 0. The van der Waals surface area contributed by atoms with Gasteiger partial charge in [-0.2, -0.15) is 0 Å². The highest BCUT2D eigenvalue weighted by Gasteiger charge is 2.27. The maximum absolute atomic E-state index is 12.9. The summed E-state index contributed by atoms with van der Waals surface area (Å²) in [6, 6.07) is 13.6. The summed E-state index contributed by atoms with van der Waals surface area (Å²) in [4.78, 5) is 39.0. The molecule has 1 N–H and O–H groups in total. The molecule has 158 valence electrons. The number of nitro groups is 1. The van der Waals surface area contributed by atoms with Crippen molar-refractivity contribution in [2.24, 2.45) is 0 Å². The van der Waals surface area contributed by atoms with Crippen molar-refractivity contribution in [2.75, 3.05) is 31.1 Å². The monoisotopic (exact) mass is 430 g/mol. The highest BCUT2D eigenvalue weighted by molar-refractivity contribution is 6.30. The van der Waals surface area contributed by atoms with E-state index in [4.69, 9.17) is 11.6 Å². The second kappa shape index (κ2) is 9.58. The summed E-state index contributed by atoms with van der Waals surface area (Å²) in [5, 5.41) is 14.5. The molecule has 1 saturated heterocycles. The SMILES string of the molecule is CC(=O)NC(CC(=O)N1CCN(c2ccc(Cl)cc2[N+](=O)[O-])CC1)c1ccccc1. The number of hydrogen-bond acceptors (Lipinski definition) is 5. The van der Waals surface area contributed by atoms with Crippen LogP contribution in [0.1, 0.15) is 24.9 Å². The number of nitrogens with zero attached hydrogens (tertiary/aromatic N) is 3. The molecule has 3 rings (SSSR count). The molecule has 30 heavy (non-hydrogen) atoms. The standard InChI is InChI=1S/C21H23ClN4O4/c1-15(27)23-18(16-5-3-2-4-6-16)14-21(28)25-11-9-24(10-12-25)19-8-7-17(22)13-20(19)26(29)30/h2-8,13,18H,9-12,14H2,1H3,(H,23,27). The molecule has 8 nitrogen and oxygen atoms in total. The van der Waals surface area contributed by atoms with E-state index in [1.54, 1.807) is 17.0 Å². The number of carbonyl (C=O) groups excluding carboxylic acids is 2. The smallest absolute Gasteiger partial charge is 0.294 e. The van der Waals surface area contributed by atoms with Crippen LogP contribution in [0.25, 0.3) is 0 Å². The number of piperazine rings is 1. The first-order valence-electron chi connectivity index (χ1n) is 9.64. The van der Waals surface area contributed by atoms with Gasteiger partial charge in [-0.3, -0.25) is 19.7 Å². The Morgan fingerprint density at radius 1 is 1.13 bits per heavy atom. The van der Waals surface area contributed by atoms with Crippen molar-refractivity contribution < 1.29 is 14.5 Å². The van der Waals surface area contributed by atoms with Crippen LogP contribution < -0.4 is 10.2 Å². The molecule has 0 aromatic heterocycles. The summed E-state index contributed by atoms with van der Waals surface area (Å²) in [6.45, 7) is 3.27. The fourth-order valence-electron chi connectivity index (χ4n) is 3.59. The van der Waals surface area contributed by atoms with E-state index in [1.165, 1.54) is 13.0 Å². The molecule has 1 fully saturated rings. The molecular formula is C21H23ClN4O4. The van der Waals surface area contributed by atoms with Crippen molar-refractivity contribution in [3.8, 4) is 0 Å². The number of anilines is 1. The second-order valence-corrected chi connectivity index (χ2v) is 7.56. The molecule has 1 aliphatic rings. The van der Waals surface area contributed by atoms with E-state index in [2.05, 4.69) is 5.32 Å². The first-order chi connectivity index (χ1) is 14.3. The van der Waals surface area contributed by atoms with Gasteiger partial charge >= 0.3 is 0 Å². The van der Waals surface area contributed by atoms with Crippen LogP contribution in [0, 0.1) is 10.1 Å². The van der Waals surface area contributed by atoms with Crippen LogP contribution in [0.4, 0.5) is 11.4 Å². The maximum atomic E-state index is 12.9. The van der Waals surface area contributed by atoms with Gasteiger partial charge in [0.15, 0.2) is 0 Å². The van der Waals surface area contributed by atoms with Crippen molar-refractivity contribution in [2.45, 2.75) is 19.4 Å². The lowest BCUT2D eigenvalue weighted by Crippen LogP contribution is -2.49. The van der Waals surface area contributed by atoms with Gasteiger partial charge in [-0.25, -0.2) is 0 Å². The third-order valence-electron chi connectivity index (χ3n) is 5.07. The zero-order valence-electron chi connectivity index (χ0n) is 16.6. The molecule has 1 atom stereocenters. The van der Waals surface area contributed by atoms with Crippen molar-refractivity contribution >= 4 is 34.8 Å². The molecule has 9 heteroatoms. The van der Waals surface area contributed by atoms with Crippen molar-refractivity contribution in [3.05, 3.63) is 69.2 Å². The Morgan fingerprint density at radius 3 is 2.40 bits per heavy atom. The Labute approximate surface area is 179 Å². The van der Waals surface area contributed by atoms with Crippen LogP contribution in [0.2, 0.25) is 5.02 Å². The van der Waals surface area contributed by atoms with Gasteiger partial charge in [0.1, 0.15) is 5.69 Å². The third-order valence-corrected chi connectivity index (χ3v) is 5.30. The number of rotatable bonds is 6. The number of carbonyl (C=O) groups is 2. The van der Waals surface area contributed by atoms with E-state index in [0.29, 0.717) is 36.9 Å². The minimum atomic E-state index is -0.448. The van der Waals surface area contributed by atoms with Crippen LogP contribution in [0.5, 0.6) is 0 Å². The van der Waals surface area contributed by atoms with Gasteiger partial charge in [0.2, 0.25) is 11.8 Å². The number of nitrogens with one attached hydrogen (secondary N) is 1. The van der Waals surface area contributed by atoms with Gasteiger partial charge in [-0.05, 0) is 17.7 Å². The molecule has 0 aliphatic carbocycles. The first-order valence-corrected chi connectivity index (χ1v) is 10.0. The minimum absolute atomic E-state index is 0.0444. The minimum Gasteiger partial charge on any atom is -0.362 e. The number of nitro benzene ring substituents is 1. The number of hydrogen-bond donors (Lipinski definition) is 1. The Kier molecular flexibility index (Phi) is 6.89. The molecule has 2 amide bonds. The van der Waals surface area contributed by atoms with Crippen LogP contribution in [0.3, 0.4) is 0 Å². The van der Waals surface area contributed by atoms with E-state index in [9.17, 15) is 19.7 Å². The molecule has 1 aliphatic heterocycles. The van der Waals surface area contributed by atoms with Gasteiger partial charge in [0.25, 0.3) is 5.69 Å². The lowest BCUT2D eigenvalue weighted by molar-refractivity contribution is -0.384.